The molecule has 0 bridgehead atoms. The van der Waals surface area contributed by atoms with E-state index in [1.807, 2.05) is 32.5 Å². The van der Waals surface area contributed by atoms with Crippen molar-refractivity contribution in [2.45, 2.75) is 44.5 Å². The second kappa shape index (κ2) is 6.98. The van der Waals surface area contributed by atoms with Crippen LogP contribution in [0.1, 0.15) is 41.0 Å². The first-order chi connectivity index (χ1) is 7.58. The molecule has 1 unspecified atom stereocenters. The highest BCUT2D eigenvalue weighted by molar-refractivity contribution is 14.1. The first kappa shape index (κ1) is 17.2. The zero-order chi connectivity index (χ0) is 13.7. The Kier molecular flexibility index (Phi) is 7.08. The van der Waals surface area contributed by atoms with E-state index in [0.29, 0.717) is 6.42 Å². The highest BCUT2D eigenvalue weighted by atomic mass is 127. The second-order valence-electron chi connectivity index (χ2n) is 5.86. The summed E-state index contributed by atoms with van der Waals surface area (Å²) >= 11 is 4.24. The fraction of sp³-hybridized carbons (Fsp3) is 0.846. The number of hydrogen-bond donors (Lipinski definition) is 0. The lowest BCUT2D eigenvalue weighted by atomic mass is 9.82. The summed E-state index contributed by atoms with van der Waals surface area (Å²) in [5.41, 5.74) is -0.409. The third kappa shape index (κ3) is 8.04. The maximum atomic E-state index is 12.0. The van der Waals surface area contributed by atoms with Gasteiger partial charge in [-0.15, -0.1) is 0 Å². The van der Waals surface area contributed by atoms with E-state index in [1.165, 1.54) is 0 Å². The van der Waals surface area contributed by atoms with Gasteiger partial charge in [0.05, 0.1) is 6.07 Å². The van der Waals surface area contributed by atoms with Crippen LogP contribution in [0.2, 0.25) is 0 Å². The van der Waals surface area contributed by atoms with Crippen LogP contribution < -0.4 is 0 Å². The van der Waals surface area contributed by atoms with Crippen LogP contribution in [0.5, 0.6) is 0 Å². The van der Waals surface area contributed by atoms with E-state index in [0.717, 1.165) is 11.5 Å². The molecule has 0 radical (unpaired) electrons. The van der Waals surface area contributed by atoms with Crippen LogP contribution in [0, 0.1) is 22.7 Å². The molecule has 0 fully saturated rings. The second-order valence-corrected chi connectivity index (χ2v) is 9.88. The number of rotatable bonds is 6. The van der Waals surface area contributed by atoms with E-state index in [-0.39, 0.29) is 9.20 Å². The Morgan fingerprint density at radius 1 is 1.35 bits per heavy atom. The third-order valence-corrected chi connectivity index (χ3v) is 4.56. The lowest BCUT2D eigenvalue weighted by Gasteiger charge is -2.20. The van der Waals surface area contributed by atoms with Gasteiger partial charge in [-0.05, 0) is 12.2 Å². The van der Waals surface area contributed by atoms with Gasteiger partial charge in [-0.2, -0.15) is 17.0 Å². The summed E-state index contributed by atoms with van der Waals surface area (Å²) in [5.74, 6) is 1.55. The molecule has 0 heterocycles. The Hall–Kier alpha value is 0.240. The van der Waals surface area contributed by atoms with Crippen LogP contribution in [0.3, 0.4) is 0 Å². The number of ketones is 1. The van der Waals surface area contributed by atoms with Gasteiger partial charge in [-0.25, -0.2) is 0 Å². The first-order valence-electron chi connectivity index (χ1n) is 5.78. The van der Waals surface area contributed by atoms with Crippen molar-refractivity contribution in [2.75, 3.05) is 11.5 Å². The first-order valence-corrected chi connectivity index (χ1v) is 8.02. The number of alkyl halides is 1. The van der Waals surface area contributed by atoms with Crippen molar-refractivity contribution in [3.8, 4) is 6.07 Å². The number of thioether (sulfide) groups is 1. The molecule has 0 amide bonds. The molecular weight excluding hydrogens is 345 g/mol. The molecular formula is C13H22INOS. The number of carbonyl (C=O) groups is 1. The lowest BCUT2D eigenvalue weighted by molar-refractivity contribution is -0.128. The number of nitrogens with zero attached hydrogens (tertiary/aromatic N) is 1. The average molecular weight is 367 g/mol. The van der Waals surface area contributed by atoms with Crippen molar-refractivity contribution in [1.82, 2.24) is 0 Å². The van der Waals surface area contributed by atoms with Crippen molar-refractivity contribution in [3.05, 3.63) is 0 Å². The largest absolute Gasteiger partial charge is 0.298 e. The van der Waals surface area contributed by atoms with Gasteiger partial charge in [0.25, 0.3) is 0 Å². The molecule has 0 aliphatic heterocycles. The molecule has 0 spiro atoms. The molecule has 0 aliphatic carbocycles. The summed E-state index contributed by atoms with van der Waals surface area (Å²) in [6, 6.07) is 2.14. The Morgan fingerprint density at radius 3 is 2.24 bits per heavy atom. The van der Waals surface area contributed by atoms with Crippen LogP contribution in [0.4, 0.5) is 0 Å². The normalized spacial score (nSPS) is 14.2. The van der Waals surface area contributed by atoms with Gasteiger partial charge in [0.2, 0.25) is 0 Å². The summed E-state index contributed by atoms with van der Waals surface area (Å²) in [5, 5.41) is 9.04. The Balaban J connectivity index is 4.10. The molecule has 0 aromatic carbocycles. The monoisotopic (exact) mass is 367 g/mol. The van der Waals surface area contributed by atoms with Gasteiger partial charge in [0.15, 0.2) is 5.78 Å². The topological polar surface area (TPSA) is 40.9 Å². The van der Waals surface area contributed by atoms with E-state index in [4.69, 9.17) is 5.26 Å². The van der Waals surface area contributed by atoms with E-state index in [9.17, 15) is 4.79 Å². The van der Waals surface area contributed by atoms with Crippen molar-refractivity contribution in [1.29, 1.82) is 5.26 Å². The highest BCUT2D eigenvalue weighted by Gasteiger charge is 2.29. The summed E-state index contributed by atoms with van der Waals surface area (Å²) in [7, 11) is 0. The maximum Gasteiger partial charge on any atom is 0.155 e. The SMILES string of the molecule is CC(C)(I)CSCCC(C#N)C(=O)C(C)(C)C. The Bertz CT molecular complexity index is 296. The van der Waals surface area contributed by atoms with Gasteiger partial charge in [0, 0.05) is 14.6 Å². The maximum absolute atomic E-state index is 12.0. The van der Waals surface area contributed by atoms with Gasteiger partial charge < -0.3 is 0 Å². The van der Waals surface area contributed by atoms with E-state index >= 15 is 0 Å². The number of hydrogen-bond acceptors (Lipinski definition) is 3. The fourth-order valence-electron chi connectivity index (χ4n) is 1.29. The highest BCUT2D eigenvalue weighted by Crippen LogP contribution is 2.26. The van der Waals surface area contributed by atoms with Gasteiger partial charge in [-0.1, -0.05) is 57.2 Å². The molecule has 0 aromatic rings. The smallest absolute Gasteiger partial charge is 0.155 e. The average Bonchev–Trinajstić information content (AvgIpc) is 2.14. The quantitative estimate of drug-likeness (QED) is 0.404. The summed E-state index contributed by atoms with van der Waals surface area (Å²) in [6.07, 6.45) is 0.671. The lowest BCUT2D eigenvalue weighted by Crippen LogP contribution is -2.28. The van der Waals surface area contributed by atoms with E-state index in [2.05, 4.69) is 42.5 Å². The molecule has 17 heavy (non-hydrogen) atoms. The van der Waals surface area contributed by atoms with Gasteiger partial charge in [-0.3, -0.25) is 4.79 Å². The van der Waals surface area contributed by atoms with Crippen molar-refractivity contribution in [3.63, 3.8) is 0 Å². The molecule has 4 heteroatoms. The van der Waals surface area contributed by atoms with Gasteiger partial charge >= 0.3 is 0 Å². The number of nitriles is 1. The number of halogens is 1. The summed E-state index contributed by atoms with van der Waals surface area (Å²) < 4.78 is 0.276. The third-order valence-electron chi connectivity index (χ3n) is 2.21. The molecule has 1 atom stereocenters. The zero-order valence-electron chi connectivity index (χ0n) is 11.3. The van der Waals surface area contributed by atoms with Crippen LogP contribution in [0.15, 0.2) is 0 Å². The van der Waals surface area contributed by atoms with Gasteiger partial charge in [0.1, 0.15) is 5.92 Å². The standard InChI is InChI=1S/C13H22INOS/c1-12(2,3)11(16)10(8-15)6-7-17-9-13(4,5)14/h10H,6-7,9H2,1-5H3. The molecule has 0 aliphatic rings. The van der Waals surface area contributed by atoms with E-state index in [1.54, 1.807) is 0 Å². The van der Waals surface area contributed by atoms with E-state index < -0.39 is 11.3 Å². The minimum absolute atomic E-state index is 0.0642. The van der Waals surface area contributed by atoms with Crippen LogP contribution >= 0.6 is 34.4 Å². The molecule has 98 valence electrons. The Labute approximate surface area is 123 Å². The Morgan fingerprint density at radius 2 is 1.88 bits per heavy atom. The fourth-order valence-corrected chi connectivity index (χ4v) is 2.99. The molecule has 0 N–H and O–H groups in total. The zero-order valence-corrected chi connectivity index (χ0v) is 14.3. The summed E-state index contributed by atoms with van der Waals surface area (Å²) in [4.78, 5) is 12.0. The number of Topliss-reactive ketones (excluding diaryl/α,β-unsaturated/α-hetero) is 1. The minimum atomic E-state index is -0.445. The molecule has 0 saturated carbocycles. The molecule has 0 rings (SSSR count). The van der Waals surface area contributed by atoms with Crippen molar-refractivity contribution < 1.29 is 4.79 Å². The van der Waals surface area contributed by atoms with Crippen LogP contribution in [-0.4, -0.2) is 20.7 Å². The van der Waals surface area contributed by atoms with Crippen molar-refractivity contribution >= 4 is 40.1 Å². The number of carbonyl (C=O) groups excluding carboxylic acids is 1. The van der Waals surface area contributed by atoms with Crippen molar-refractivity contribution in [2.24, 2.45) is 11.3 Å². The predicted molar refractivity (Wildman–Crippen MR) is 83.6 cm³/mol. The molecule has 2 nitrogen and oxygen atoms in total. The molecule has 0 saturated heterocycles. The summed E-state index contributed by atoms with van der Waals surface area (Å²) in [6.45, 7) is 9.99. The van der Waals surface area contributed by atoms with Crippen LogP contribution in [-0.2, 0) is 4.79 Å². The predicted octanol–water partition coefficient (Wildman–Crippen LogP) is 4.08. The minimum Gasteiger partial charge on any atom is -0.298 e. The van der Waals surface area contributed by atoms with Crippen LogP contribution in [0.25, 0.3) is 0 Å². The molecule has 0 aromatic heterocycles.